The van der Waals surface area contributed by atoms with E-state index in [1.54, 1.807) is 24.3 Å². The molecular formula is C22H28N2O4S. The molecule has 7 heteroatoms. The quantitative estimate of drug-likeness (QED) is 0.752. The highest BCUT2D eigenvalue weighted by Gasteiger charge is 2.20. The Hall–Kier alpha value is -2.38. The molecule has 0 radical (unpaired) electrons. The molecule has 1 aliphatic rings. The summed E-state index contributed by atoms with van der Waals surface area (Å²) in [6.45, 7) is 5.31. The topological polar surface area (TPSA) is 75.7 Å². The smallest absolute Gasteiger partial charge is 0.251 e. The van der Waals surface area contributed by atoms with Crippen molar-refractivity contribution in [1.82, 2.24) is 5.32 Å². The van der Waals surface area contributed by atoms with E-state index in [0.29, 0.717) is 17.8 Å². The lowest BCUT2D eigenvalue weighted by Gasteiger charge is -2.25. The van der Waals surface area contributed by atoms with Crippen molar-refractivity contribution >= 4 is 21.6 Å². The second-order valence-electron chi connectivity index (χ2n) is 7.60. The predicted octanol–water partition coefficient (Wildman–Crippen LogP) is 3.18. The second-order valence-corrected chi connectivity index (χ2v) is 9.51. The van der Waals surface area contributed by atoms with Gasteiger partial charge in [-0.1, -0.05) is 24.3 Å². The maximum atomic E-state index is 12.4. The maximum Gasteiger partial charge on any atom is 0.251 e. The fraction of sp³-hybridized carbons (Fsp3) is 0.409. The molecule has 3 rings (SSSR count). The van der Waals surface area contributed by atoms with Gasteiger partial charge < -0.3 is 10.1 Å². The summed E-state index contributed by atoms with van der Waals surface area (Å²) in [5.74, 6) is -0.151. The molecule has 2 aromatic rings. The Labute approximate surface area is 172 Å². The van der Waals surface area contributed by atoms with Gasteiger partial charge >= 0.3 is 0 Å². The summed E-state index contributed by atoms with van der Waals surface area (Å²) in [6, 6.07) is 12.8. The SMILES string of the molecule is Cc1ccc(C)c(N(Cc2ccc(C(=O)NC[C@@H]3CCCO3)cc2)S(C)(=O)=O)c1. The van der Waals surface area contributed by atoms with Crippen molar-refractivity contribution in [3.63, 3.8) is 0 Å². The Morgan fingerprint density at radius 1 is 1.17 bits per heavy atom. The molecule has 29 heavy (non-hydrogen) atoms. The first kappa shape index (κ1) is 21.3. The summed E-state index contributed by atoms with van der Waals surface area (Å²) >= 11 is 0. The summed E-state index contributed by atoms with van der Waals surface area (Å²) in [5.41, 5.74) is 3.92. The van der Waals surface area contributed by atoms with E-state index in [9.17, 15) is 13.2 Å². The molecule has 6 nitrogen and oxygen atoms in total. The minimum absolute atomic E-state index is 0.0964. The second kappa shape index (κ2) is 8.97. The first-order chi connectivity index (χ1) is 13.7. The molecule has 1 N–H and O–H groups in total. The largest absolute Gasteiger partial charge is 0.376 e. The Balaban J connectivity index is 1.72. The van der Waals surface area contributed by atoms with Gasteiger partial charge in [-0.3, -0.25) is 9.10 Å². The van der Waals surface area contributed by atoms with Gasteiger partial charge in [0.05, 0.1) is 24.6 Å². The van der Waals surface area contributed by atoms with Gasteiger partial charge in [-0.25, -0.2) is 8.42 Å². The molecule has 0 aromatic heterocycles. The number of nitrogens with one attached hydrogen (secondary N) is 1. The summed E-state index contributed by atoms with van der Waals surface area (Å²) in [5, 5.41) is 2.89. The Morgan fingerprint density at radius 2 is 1.90 bits per heavy atom. The zero-order valence-corrected chi connectivity index (χ0v) is 18.0. The van der Waals surface area contributed by atoms with Crippen LogP contribution >= 0.6 is 0 Å². The summed E-state index contributed by atoms with van der Waals surface area (Å²) in [4.78, 5) is 12.3. The van der Waals surface area contributed by atoms with Gasteiger partial charge in [0.25, 0.3) is 5.91 Å². The van der Waals surface area contributed by atoms with E-state index >= 15 is 0 Å². The highest BCUT2D eigenvalue weighted by Crippen LogP contribution is 2.26. The molecule has 0 spiro atoms. The number of aryl methyl sites for hydroxylation is 2. The van der Waals surface area contributed by atoms with E-state index in [2.05, 4.69) is 5.32 Å². The van der Waals surface area contributed by atoms with Crippen molar-refractivity contribution in [2.45, 2.75) is 39.3 Å². The Bertz CT molecular complexity index is 965. The van der Waals surface area contributed by atoms with Gasteiger partial charge in [-0.2, -0.15) is 0 Å². The molecule has 0 saturated carbocycles. The molecule has 1 amide bonds. The number of carbonyl (C=O) groups excluding carboxylic acids is 1. The van der Waals surface area contributed by atoms with E-state index in [1.807, 2.05) is 32.0 Å². The molecule has 1 heterocycles. The molecule has 1 atom stereocenters. The molecule has 2 aromatic carbocycles. The van der Waals surface area contributed by atoms with Crippen LogP contribution in [-0.2, 0) is 21.3 Å². The Kier molecular flexibility index (Phi) is 6.59. The zero-order valence-electron chi connectivity index (χ0n) is 17.1. The van der Waals surface area contributed by atoms with Crippen molar-refractivity contribution in [1.29, 1.82) is 0 Å². The Morgan fingerprint density at radius 3 is 2.52 bits per heavy atom. The van der Waals surface area contributed by atoms with E-state index in [-0.39, 0.29) is 18.6 Å². The van der Waals surface area contributed by atoms with Crippen molar-refractivity contribution < 1.29 is 17.9 Å². The number of carbonyl (C=O) groups is 1. The fourth-order valence-electron chi connectivity index (χ4n) is 3.41. The number of benzene rings is 2. The predicted molar refractivity (Wildman–Crippen MR) is 115 cm³/mol. The van der Waals surface area contributed by atoms with Crippen molar-refractivity contribution in [2.75, 3.05) is 23.7 Å². The van der Waals surface area contributed by atoms with Crippen LogP contribution in [0.2, 0.25) is 0 Å². The fourth-order valence-corrected chi connectivity index (χ4v) is 4.35. The molecule has 0 unspecified atom stereocenters. The number of sulfonamides is 1. The van der Waals surface area contributed by atoms with Crippen LogP contribution in [0.15, 0.2) is 42.5 Å². The molecule has 1 saturated heterocycles. The van der Waals surface area contributed by atoms with Gasteiger partial charge in [0.2, 0.25) is 10.0 Å². The summed E-state index contributed by atoms with van der Waals surface area (Å²) in [7, 11) is -3.46. The first-order valence-corrected chi connectivity index (χ1v) is 11.6. The standard InChI is InChI=1S/C22H28N2O4S/c1-16-6-7-17(2)21(13-16)24(29(3,26)27)15-18-8-10-19(11-9-18)22(25)23-14-20-5-4-12-28-20/h6-11,13,20H,4-5,12,14-15H2,1-3H3,(H,23,25)/t20-/m0/s1. The number of hydrogen-bond acceptors (Lipinski definition) is 4. The van der Waals surface area contributed by atoms with Crippen LogP contribution in [0, 0.1) is 13.8 Å². The van der Waals surface area contributed by atoms with Crippen LogP contribution < -0.4 is 9.62 Å². The third-order valence-electron chi connectivity index (χ3n) is 5.09. The number of nitrogens with zero attached hydrogens (tertiary/aromatic N) is 1. The third-order valence-corrected chi connectivity index (χ3v) is 6.22. The first-order valence-electron chi connectivity index (χ1n) is 9.78. The van der Waals surface area contributed by atoms with Gasteiger partial charge in [-0.05, 0) is 61.6 Å². The van der Waals surface area contributed by atoms with Crippen molar-refractivity contribution in [3.8, 4) is 0 Å². The number of ether oxygens (including phenoxy) is 1. The van der Waals surface area contributed by atoms with Crippen LogP contribution in [0.1, 0.15) is 39.9 Å². The third kappa shape index (κ3) is 5.58. The minimum Gasteiger partial charge on any atom is -0.376 e. The van der Waals surface area contributed by atoms with Crippen molar-refractivity contribution in [3.05, 3.63) is 64.7 Å². The number of amides is 1. The van der Waals surface area contributed by atoms with Crippen LogP contribution in [-0.4, -0.2) is 39.8 Å². The monoisotopic (exact) mass is 416 g/mol. The van der Waals surface area contributed by atoms with E-state index in [0.717, 1.165) is 36.1 Å². The zero-order chi connectivity index (χ0) is 21.0. The van der Waals surface area contributed by atoms with Crippen LogP contribution in [0.4, 0.5) is 5.69 Å². The molecule has 0 aliphatic carbocycles. The van der Waals surface area contributed by atoms with Crippen molar-refractivity contribution in [2.24, 2.45) is 0 Å². The number of anilines is 1. The van der Waals surface area contributed by atoms with Gasteiger partial charge in [0, 0.05) is 18.7 Å². The van der Waals surface area contributed by atoms with Gasteiger partial charge in [-0.15, -0.1) is 0 Å². The molecule has 0 bridgehead atoms. The summed E-state index contributed by atoms with van der Waals surface area (Å²) < 4.78 is 31.8. The van der Waals surface area contributed by atoms with Crippen LogP contribution in [0.25, 0.3) is 0 Å². The van der Waals surface area contributed by atoms with Crippen LogP contribution in [0.3, 0.4) is 0 Å². The van der Waals surface area contributed by atoms with E-state index in [4.69, 9.17) is 4.74 Å². The normalized spacial score (nSPS) is 16.6. The highest BCUT2D eigenvalue weighted by atomic mass is 32.2. The van der Waals surface area contributed by atoms with E-state index < -0.39 is 10.0 Å². The molecule has 1 aliphatic heterocycles. The molecule has 1 fully saturated rings. The lowest BCUT2D eigenvalue weighted by atomic mass is 10.1. The highest BCUT2D eigenvalue weighted by molar-refractivity contribution is 7.92. The minimum atomic E-state index is -3.46. The maximum absolute atomic E-state index is 12.4. The van der Waals surface area contributed by atoms with E-state index in [1.165, 1.54) is 10.6 Å². The molecular weight excluding hydrogens is 388 g/mol. The lowest BCUT2D eigenvalue weighted by molar-refractivity contribution is 0.0858. The lowest BCUT2D eigenvalue weighted by Crippen LogP contribution is -2.32. The number of hydrogen-bond donors (Lipinski definition) is 1. The number of rotatable bonds is 7. The van der Waals surface area contributed by atoms with Crippen LogP contribution in [0.5, 0.6) is 0 Å². The average Bonchev–Trinajstić information content (AvgIpc) is 3.19. The van der Waals surface area contributed by atoms with Gasteiger partial charge in [0.1, 0.15) is 0 Å². The summed E-state index contributed by atoms with van der Waals surface area (Å²) in [6.07, 6.45) is 3.31. The molecule has 156 valence electrons. The van der Waals surface area contributed by atoms with Gasteiger partial charge in [0.15, 0.2) is 0 Å². The average molecular weight is 417 g/mol.